The topological polar surface area (TPSA) is 0 Å². The zero-order valence-corrected chi connectivity index (χ0v) is 5.93. The summed E-state index contributed by atoms with van der Waals surface area (Å²) in [5, 5.41) is 0. The van der Waals surface area contributed by atoms with E-state index < -0.39 is 36.1 Å². The van der Waals surface area contributed by atoms with Crippen molar-refractivity contribution in [1.29, 1.82) is 0 Å². The van der Waals surface area contributed by atoms with Crippen molar-refractivity contribution in [3.63, 3.8) is 0 Å². The van der Waals surface area contributed by atoms with Gasteiger partial charge in [-0.05, 0) is 0 Å². The number of allylic oxidation sites excluding steroid dienone is 1. The molecule has 1 rings (SSSR count). The molecule has 1 fully saturated rings. The van der Waals surface area contributed by atoms with Gasteiger partial charge < -0.3 is 0 Å². The molecule has 13 heavy (non-hydrogen) atoms. The van der Waals surface area contributed by atoms with Crippen LogP contribution in [0.3, 0.4) is 0 Å². The van der Waals surface area contributed by atoms with Crippen LogP contribution in [0.5, 0.6) is 0 Å². The molecule has 1 saturated carbocycles. The molecular formula is C6H3F7. The Morgan fingerprint density at radius 1 is 1.00 bits per heavy atom. The summed E-state index contributed by atoms with van der Waals surface area (Å²) in [6.07, 6.45) is -4.55. The lowest BCUT2D eigenvalue weighted by molar-refractivity contribution is -0.308. The third-order valence-corrected chi connectivity index (χ3v) is 1.87. The van der Waals surface area contributed by atoms with Gasteiger partial charge in [0.05, 0.1) is 5.92 Å². The van der Waals surface area contributed by atoms with Crippen molar-refractivity contribution in [1.82, 2.24) is 0 Å². The van der Waals surface area contributed by atoms with Crippen LogP contribution < -0.4 is 0 Å². The van der Waals surface area contributed by atoms with E-state index in [1.54, 1.807) is 0 Å². The summed E-state index contributed by atoms with van der Waals surface area (Å²) in [6, 6.07) is 0. The Balaban J connectivity index is 2.87. The minimum absolute atomic E-state index is 1.58. The van der Waals surface area contributed by atoms with Gasteiger partial charge in [-0.15, -0.1) is 0 Å². The third kappa shape index (κ3) is 1.30. The molecule has 1 aliphatic rings. The van der Waals surface area contributed by atoms with Crippen LogP contribution in [0.4, 0.5) is 30.7 Å². The maximum atomic E-state index is 12.2. The first-order valence-corrected chi connectivity index (χ1v) is 3.16. The lowest BCUT2D eigenvalue weighted by Gasteiger charge is -2.42. The second-order valence-electron chi connectivity index (χ2n) is 2.69. The molecule has 0 radical (unpaired) electrons. The molecule has 0 spiro atoms. The quantitative estimate of drug-likeness (QED) is 0.579. The Hall–Kier alpha value is -0.750. The normalized spacial score (nSPS) is 29.3. The molecule has 0 N–H and O–H groups in total. The summed E-state index contributed by atoms with van der Waals surface area (Å²) in [4.78, 5) is 0. The molecule has 76 valence electrons. The highest BCUT2D eigenvalue weighted by molar-refractivity contribution is 5.16. The summed E-state index contributed by atoms with van der Waals surface area (Å²) in [5.41, 5.74) is 0. The highest BCUT2D eigenvalue weighted by Gasteiger charge is 2.73. The van der Waals surface area contributed by atoms with Gasteiger partial charge in [-0.25, -0.2) is 4.39 Å². The number of hydrogen-bond donors (Lipinski definition) is 0. The summed E-state index contributed by atoms with van der Waals surface area (Å²) in [5.74, 6) is -14.2. The van der Waals surface area contributed by atoms with Gasteiger partial charge in [0.25, 0.3) is 0 Å². The van der Waals surface area contributed by atoms with E-state index in [-0.39, 0.29) is 0 Å². The fourth-order valence-corrected chi connectivity index (χ4v) is 1.02. The summed E-state index contributed by atoms with van der Waals surface area (Å²) >= 11 is 0. The van der Waals surface area contributed by atoms with Crippen LogP contribution >= 0.6 is 0 Å². The van der Waals surface area contributed by atoms with Crippen LogP contribution in [0.2, 0.25) is 0 Å². The van der Waals surface area contributed by atoms with Crippen molar-refractivity contribution < 1.29 is 30.7 Å². The third-order valence-electron chi connectivity index (χ3n) is 1.87. The van der Waals surface area contributed by atoms with Crippen molar-refractivity contribution in [2.75, 3.05) is 0 Å². The molecule has 0 amide bonds. The lowest BCUT2D eigenvalue weighted by Crippen LogP contribution is -2.58. The molecule has 1 aliphatic carbocycles. The van der Waals surface area contributed by atoms with E-state index in [1.807, 2.05) is 0 Å². The van der Waals surface area contributed by atoms with Crippen LogP contribution in [0.25, 0.3) is 0 Å². The maximum absolute atomic E-state index is 12.2. The van der Waals surface area contributed by atoms with Gasteiger partial charge >= 0.3 is 17.9 Å². The van der Waals surface area contributed by atoms with Gasteiger partial charge in [-0.2, -0.15) is 26.3 Å². The van der Waals surface area contributed by atoms with Gasteiger partial charge in [0, 0.05) is 6.42 Å². The molecule has 1 unspecified atom stereocenters. The number of hydrogen-bond acceptors (Lipinski definition) is 0. The van der Waals surface area contributed by atoms with Crippen LogP contribution in [-0.2, 0) is 0 Å². The predicted molar refractivity (Wildman–Crippen MR) is 28.4 cm³/mol. The van der Waals surface area contributed by atoms with Crippen LogP contribution in [0.15, 0.2) is 11.9 Å². The molecule has 0 nitrogen and oxygen atoms in total. The number of halogens is 7. The zero-order valence-electron chi connectivity index (χ0n) is 5.93. The van der Waals surface area contributed by atoms with E-state index in [1.165, 1.54) is 0 Å². The average molecular weight is 208 g/mol. The first-order chi connectivity index (χ1) is 5.70. The van der Waals surface area contributed by atoms with Crippen molar-refractivity contribution in [3.05, 3.63) is 11.9 Å². The Kier molecular flexibility index (Phi) is 2.08. The fourth-order valence-electron chi connectivity index (χ4n) is 1.02. The van der Waals surface area contributed by atoms with Gasteiger partial charge in [-0.1, -0.05) is 0 Å². The Labute approximate surface area is 68.0 Å². The van der Waals surface area contributed by atoms with Crippen LogP contribution in [0, 0.1) is 5.92 Å². The zero-order chi connectivity index (χ0) is 10.4. The maximum Gasteiger partial charge on any atom is 0.319 e. The molecule has 0 aromatic heterocycles. The number of alkyl halides is 4. The van der Waals surface area contributed by atoms with Crippen LogP contribution in [-0.4, -0.2) is 11.8 Å². The summed E-state index contributed by atoms with van der Waals surface area (Å²) in [6.45, 7) is 0. The van der Waals surface area contributed by atoms with E-state index in [9.17, 15) is 30.7 Å². The van der Waals surface area contributed by atoms with E-state index in [0.29, 0.717) is 0 Å². The van der Waals surface area contributed by atoms with Gasteiger partial charge in [0.2, 0.25) is 0 Å². The standard InChI is InChI=1S/C6H3F7/c7-3(4(8)9)2-1-5(10,11)6(2,12)13/h2H,1H2. The van der Waals surface area contributed by atoms with E-state index in [0.717, 1.165) is 0 Å². The fraction of sp³-hybridized carbons (Fsp3) is 0.667. The monoisotopic (exact) mass is 208 g/mol. The van der Waals surface area contributed by atoms with Gasteiger partial charge in [-0.3, -0.25) is 0 Å². The van der Waals surface area contributed by atoms with E-state index >= 15 is 0 Å². The first kappa shape index (κ1) is 10.3. The molecule has 0 aromatic carbocycles. The summed E-state index contributed by atoms with van der Waals surface area (Å²) in [7, 11) is 0. The van der Waals surface area contributed by atoms with Gasteiger partial charge in [0.1, 0.15) is 0 Å². The van der Waals surface area contributed by atoms with E-state index in [2.05, 4.69) is 0 Å². The molecule has 0 aliphatic heterocycles. The van der Waals surface area contributed by atoms with Gasteiger partial charge in [0.15, 0.2) is 5.83 Å². The Morgan fingerprint density at radius 2 is 1.46 bits per heavy atom. The second-order valence-corrected chi connectivity index (χ2v) is 2.69. The van der Waals surface area contributed by atoms with Crippen molar-refractivity contribution >= 4 is 0 Å². The minimum Gasteiger partial charge on any atom is -0.205 e. The molecular weight excluding hydrogens is 205 g/mol. The molecule has 7 heteroatoms. The Morgan fingerprint density at radius 3 is 1.69 bits per heavy atom. The minimum atomic E-state index is -4.71. The lowest BCUT2D eigenvalue weighted by atomic mass is 9.76. The average Bonchev–Trinajstić information content (AvgIpc) is 1.98. The second kappa shape index (κ2) is 2.62. The highest BCUT2D eigenvalue weighted by Crippen LogP contribution is 2.58. The molecule has 0 heterocycles. The molecule has 0 saturated heterocycles. The molecule has 0 bridgehead atoms. The number of rotatable bonds is 1. The summed E-state index contributed by atoms with van der Waals surface area (Å²) < 4.78 is 83.4. The highest BCUT2D eigenvalue weighted by atomic mass is 19.3. The van der Waals surface area contributed by atoms with Crippen molar-refractivity contribution in [3.8, 4) is 0 Å². The first-order valence-electron chi connectivity index (χ1n) is 3.16. The van der Waals surface area contributed by atoms with Crippen LogP contribution in [0.1, 0.15) is 6.42 Å². The van der Waals surface area contributed by atoms with Crippen molar-refractivity contribution in [2.24, 2.45) is 5.92 Å². The molecule has 0 aromatic rings. The smallest absolute Gasteiger partial charge is 0.205 e. The predicted octanol–water partition coefficient (Wildman–Crippen LogP) is 3.35. The SMILES string of the molecule is FC(F)=C(F)C1CC(F)(F)C1(F)F. The Bertz CT molecular complexity index is 250. The van der Waals surface area contributed by atoms with Crippen molar-refractivity contribution in [2.45, 2.75) is 18.3 Å². The van der Waals surface area contributed by atoms with E-state index in [4.69, 9.17) is 0 Å². The largest absolute Gasteiger partial charge is 0.319 e. The molecule has 1 atom stereocenters.